The maximum absolute atomic E-state index is 12.3. The van der Waals surface area contributed by atoms with Crippen molar-refractivity contribution in [2.75, 3.05) is 39.0 Å². The lowest BCUT2D eigenvalue weighted by Gasteiger charge is -2.16. The van der Waals surface area contributed by atoms with Gasteiger partial charge < -0.3 is 5.32 Å². The average molecular weight is 361 g/mol. The van der Waals surface area contributed by atoms with Crippen LogP contribution < -0.4 is 10.0 Å². The first-order valence-electron chi connectivity index (χ1n) is 7.52. The van der Waals surface area contributed by atoms with Crippen molar-refractivity contribution >= 4 is 20.0 Å². The summed E-state index contributed by atoms with van der Waals surface area (Å²) < 4.78 is 52.4. The number of nitrogens with one attached hydrogen (secondary N) is 2. The molecule has 2 N–H and O–H groups in total. The number of hydrogen-bond donors (Lipinski definition) is 2. The van der Waals surface area contributed by atoms with Crippen molar-refractivity contribution in [2.45, 2.75) is 11.3 Å². The zero-order chi connectivity index (χ0) is 16.9. The summed E-state index contributed by atoms with van der Waals surface area (Å²) >= 11 is 0. The van der Waals surface area contributed by atoms with E-state index in [0.717, 1.165) is 13.0 Å². The van der Waals surface area contributed by atoms with Crippen LogP contribution in [0.1, 0.15) is 6.42 Å². The molecule has 7 nitrogen and oxygen atoms in total. The molecule has 0 aromatic heterocycles. The summed E-state index contributed by atoms with van der Waals surface area (Å²) in [6, 6.07) is 7.91. The fraction of sp³-hybridized carbons (Fsp3) is 0.571. The molecule has 0 aliphatic carbocycles. The second kappa shape index (κ2) is 7.71. The third-order valence-electron chi connectivity index (χ3n) is 3.84. The topological polar surface area (TPSA) is 95.6 Å². The molecule has 2 rings (SSSR count). The molecule has 0 bridgehead atoms. The van der Waals surface area contributed by atoms with E-state index < -0.39 is 20.0 Å². The number of benzene rings is 1. The van der Waals surface area contributed by atoms with Gasteiger partial charge in [-0.05, 0) is 38.1 Å². The van der Waals surface area contributed by atoms with Gasteiger partial charge in [-0.2, -0.15) is 0 Å². The minimum absolute atomic E-state index is 0.132. The van der Waals surface area contributed by atoms with Crippen molar-refractivity contribution in [3.8, 4) is 0 Å². The first kappa shape index (κ1) is 18.3. The van der Waals surface area contributed by atoms with Crippen molar-refractivity contribution in [3.05, 3.63) is 30.3 Å². The van der Waals surface area contributed by atoms with E-state index in [2.05, 4.69) is 10.0 Å². The van der Waals surface area contributed by atoms with E-state index in [1.54, 1.807) is 18.2 Å². The van der Waals surface area contributed by atoms with Gasteiger partial charge in [-0.25, -0.2) is 25.9 Å². The highest BCUT2D eigenvalue weighted by Gasteiger charge is 2.30. The van der Waals surface area contributed by atoms with Crippen LogP contribution in [0, 0.1) is 5.92 Å². The first-order valence-corrected chi connectivity index (χ1v) is 10.6. The zero-order valence-corrected chi connectivity index (χ0v) is 14.7. The second-order valence-corrected chi connectivity index (χ2v) is 9.45. The van der Waals surface area contributed by atoms with Crippen LogP contribution in [0.4, 0.5) is 0 Å². The molecule has 130 valence electrons. The lowest BCUT2D eigenvalue weighted by molar-refractivity contribution is 0.451. The molecule has 0 spiro atoms. The van der Waals surface area contributed by atoms with E-state index in [0.29, 0.717) is 19.0 Å². The third kappa shape index (κ3) is 4.98. The standard InChI is InChI=1S/C14H23N3O4S2/c1-15-11-13-7-9-17(12-13)22(18,19)10-8-16-23(20,21)14-5-3-2-4-6-14/h2-6,13,15-16H,7-12H2,1H3. The molecule has 0 radical (unpaired) electrons. The molecule has 1 atom stereocenters. The van der Waals surface area contributed by atoms with Crippen LogP contribution in [0.15, 0.2) is 35.2 Å². The minimum Gasteiger partial charge on any atom is -0.319 e. The van der Waals surface area contributed by atoms with Gasteiger partial charge in [0.2, 0.25) is 20.0 Å². The van der Waals surface area contributed by atoms with Crippen molar-refractivity contribution in [1.29, 1.82) is 0 Å². The van der Waals surface area contributed by atoms with E-state index >= 15 is 0 Å². The van der Waals surface area contributed by atoms with Gasteiger partial charge in [0, 0.05) is 19.6 Å². The lowest BCUT2D eigenvalue weighted by Crippen LogP contribution is -2.37. The SMILES string of the molecule is CNCC1CCN(S(=O)(=O)CCNS(=O)(=O)c2ccccc2)C1. The van der Waals surface area contributed by atoms with Gasteiger partial charge in [-0.15, -0.1) is 0 Å². The molecular weight excluding hydrogens is 338 g/mol. The monoisotopic (exact) mass is 361 g/mol. The summed E-state index contributed by atoms with van der Waals surface area (Å²) in [4.78, 5) is 0.132. The Labute approximate surface area is 138 Å². The first-order chi connectivity index (χ1) is 10.8. The summed E-state index contributed by atoms with van der Waals surface area (Å²) in [6.45, 7) is 1.65. The van der Waals surface area contributed by atoms with Crippen molar-refractivity contribution in [3.63, 3.8) is 0 Å². The Bertz CT molecular complexity index is 705. The van der Waals surface area contributed by atoms with Crippen LogP contribution in [0.25, 0.3) is 0 Å². The molecule has 1 aromatic carbocycles. The number of rotatable bonds is 8. The highest BCUT2D eigenvalue weighted by molar-refractivity contribution is 7.90. The normalized spacial score (nSPS) is 20.0. The van der Waals surface area contributed by atoms with Crippen LogP contribution in [0.2, 0.25) is 0 Å². The molecule has 1 heterocycles. The van der Waals surface area contributed by atoms with Gasteiger partial charge in [0.1, 0.15) is 0 Å². The number of hydrogen-bond acceptors (Lipinski definition) is 5. The van der Waals surface area contributed by atoms with Gasteiger partial charge in [0.25, 0.3) is 0 Å². The van der Waals surface area contributed by atoms with Gasteiger partial charge in [-0.3, -0.25) is 0 Å². The van der Waals surface area contributed by atoms with Gasteiger partial charge >= 0.3 is 0 Å². The van der Waals surface area contributed by atoms with Crippen LogP contribution in [0.3, 0.4) is 0 Å². The Morgan fingerprint density at radius 2 is 1.87 bits per heavy atom. The van der Waals surface area contributed by atoms with E-state index in [1.807, 2.05) is 7.05 Å². The highest BCUT2D eigenvalue weighted by atomic mass is 32.2. The lowest BCUT2D eigenvalue weighted by atomic mass is 10.1. The fourth-order valence-corrected chi connectivity index (χ4v) is 5.24. The molecule has 1 aliphatic rings. The Morgan fingerprint density at radius 3 is 2.52 bits per heavy atom. The van der Waals surface area contributed by atoms with E-state index in [4.69, 9.17) is 0 Å². The minimum atomic E-state index is -3.67. The van der Waals surface area contributed by atoms with Crippen molar-refractivity contribution in [2.24, 2.45) is 5.92 Å². The number of nitrogens with zero attached hydrogens (tertiary/aromatic N) is 1. The van der Waals surface area contributed by atoms with Crippen LogP contribution in [0.5, 0.6) is 0 Å². The van der Waals surface area contributed by atoms with Gasteiger partial charge in [0.15, 0.2) is 0 Å². The summed E-state index contributed by atoms with van der Waals surface area (Å²) in [5, 5.41) is 3.05. The number of sulfonamides is 2. The van der Waals surface area contributed by atoms with E-state index in [1.165, 1.54) is 16.4 Å². The van der Waals surface area contributed by atoms with Crippen LogP contribution >= 0.6 is 0 Å². The summed E-state index contributed by atoms with van der Waals surface area (Å²) in [5.41, 5.74) is 0. The Kier molecular flexibility index (Phi) is 6.15. The maximum atomic E-state index is 12.3. The average Bonchev–Trinajstić information content (AvgIpc) is 2.98. The smallest absolute Gasteiger partial charge is 0.240 e. The summed E-state index contributed by atoms with van der Waals surface area (Å²) in [5.74, 6) is 0.0847. The molecule has 1 aliphatic heterocycles. The summed E-state index contributed by atoms with van der Waals surface area (Å²) in [7, 11) is -5.26. The molecule has 1 fully saturated rings. The molecule has 1 saturated heterocycles. The Balaban J connectivity index is 1.88. The quantitative estimate of drug-likeness (QED) is 0.671. The Morgan fingerprint density at radius 1 is 1.17 bits per heavy atom. The highest BCUT2D eigenvalue weighted by Crippen LogP contribution is 2.19. The van der Waals surface area contributed by atoms with Crippen molar-refractivity contribution < 1.29 is 16.8 Å². The maximum Gasteiger partial charge on any atom is 0.240 e. The van der Waals surface area contributed by atoms with E-state index in [-0.39, 0.29) is 17.2 Å². The predicted molar refractivity (Wildman–Crippen MR) is 89.0 cm³/mol. The molecule has 1 unspecified atom stereocenters. The fourth-order valence-electron chi connectivity index (χ4n) is 2.62. The zero-order valence-electron chi connectivity index (χ0n) is 13.1. The van der Waals surface area contributed by atoms with Gasteiger partial charge in [0.05, 0.1) is 10.6 Å². The molecule has 9 heteroatoms. The molecule has 0 amide bonds. The third-order valence-corrected chi connectivity index (χ3v) is 7.16. The van der Waals surface area contributed by atoms with E-state index in [9.17, 15) is 16.8 Å². The molecule has 1 aromatic rings. The predicted octanol–water partition coefficient (Wildman–Crippen LogP) is -0.164. The molecular formula is C14H23N3O4S2. The molecule has 23 heavy (non-hydrogen) atoms. The van der Waals surface area contributed by atoms with Gasteiger partial charge in [-0.1, -0.05) is 18.2 Å². The molecule has 0 saturated carbocycles. The van der Waals surface area contributed by atoms with Crippen LogP contribution in [-0.4, -0.2) is 60.1 Å². The largest absolute Gasteiger partial charge is 0.319 e. The second-order valence-electron chi connectivity index (χ2n) is 5.60. The summed E-state index contributed by atoms with van der Waals surface area (Å²) in [6.07, 6.45) is 0.829. The Hall–Kier alpha value is -1.00. The van der Waals surface area contributed by atoms with Crippen molar-refractivity contribution in [1.82, 2.24) is 14.3 Å². The van der Waals surface area contributed by atoms with Crippen LogP contribution in [-0.2, 0) is 20.0 Å².